The van der Waals surface area contributed by atoms with E-state index in [1.807, 2.05) is 11.7 Å². The van der Waals surface area contributed by atoms with Gasteiger partial charge >= 0.3 is 0 Å². The maximum absolute atomic E-state index is 4.32. The summed E-state index contributed by atoms with van der Waals surface area (Å²) in [6.07, 6.45) is 2.72. The minimum atomic E-state index is 0.866. The Morgan fingerprint density at radius 1 is 1.26 bits per heavy atom. The molecule has 0 unspecified atom stereocenters. The SMILES string of the molecule is CCCn1ncnc1CSc1ccc(CNC)cc1. The van der Waals surface area contributed by atoms with Gasteiger partial charge in [-0.1, -0.05) is 19.1 Å². The molecule has 102 valence electrons. The van der Waals surface area contributed by atoms with Crippen LogP contribution in [-0.2, 0) is 18.8 Å². The standard InChI is InChI=1S/C14H20N4S/c1-3-8-18-14(16-11-17-18)10-19-13-6-4-12(5-7-13)9-15-2/h4-7,11,15H,3,8-10H2,1-2H3. The summed E-state index contributed by atoms with van der Waals surface area (Å²) in [5.74, 6) is 1.91. The van der Waals surface area contributed by atoms with Gasteiger partial charge in [0.25, 0.3) is 0 Å². The summed E-state index contributed by atoms with van der Waals surface area (Å²) in [5.41, 5.74) is 1.31. The Balaban J connectivity index is 1.92. The lowest BCUT2D eigenvalue weighted by atomic mass is 10.2. The fourth-order valence-electron chi connectivity index (χ4n) is 1.85. The average Bonchev–Trinajstić information content (AvgIpc) is 2.86. The Morgan fingerprint density at radius 3 is 2.74 bits per heavy atom. The number of hydrogen-bond acceptors (Lipinski definition) is 4. The maximum atomic E-state index is 4.32. The lowest BCUT2D eigenvalue weighted by Crippen LogP contribution is -2.04. The zero-order valence-corrected chi connectivity index (χ0v) is 12.3. The van der Waals surface area contributed by atoms with Crippen LogP contribution >= 0.6 is 11.8 Å². The first-order valence-electron chi connectivity index (χ1n) is 6.56. The lowest BCUT2D eigenvalue weighted by Gasteiger charge is -2.05. The van der Waals surface area contributed by atoms with Crippen molar-refractivity contribution in [2.45, 2.75) is 37.1 Å². The molecule has 0 amide bonds. The number of benzene rings is 1. The zero-order valence-electron chi connectivity index (χ0n) is 11.5. The van der Waals surface area contributed by atoms with Crippen molar-refractivity contribution >= 4 is 11.8 Å². The summed E-state index contributed by atoms with van der Waals surface area (Å²) >= 11 is 1.80. The molecule has 19 heavy (non-hydrogen) atoms. The van der Waals surface area contributed by atoms with Crippen LogP contribution in [-0.4, -0.2) is 21.8 Å². The molecule has 0 spiro atoms. The van der Waals surface area contributed by atoms with Crippen LogP contribution in [0, 0.1) is 0 Å². The van der Waals surface area contributed by atoms with Gasteiger partial charge in [-0.15, -0.1) is 11.8 Å². The van der Waals surface area contributed by atoms with Crippen LogP contribution in [0.4, 0.5) is 0 Å². The molecule has 0 aliphatic heterocycles. The molecule has 0 fully saturated rings. The molecule has 2 rings (SSSR count). The first-order valence-corrected chi connectivity index (χ1v) is 7.55. The smallest absolute Gasteiger partial charge is 0.138 e. The van der Waals surface area contributed by atoms with Gasteiger partial charge < -0.3 is 5.32 Å². The molecule has 0 atom stereocenters. The number of aromatic nitrogens is 3. The van der Waals surface area contributed by atoms with E-state index in [0.29, 0.717) is 0 Å². The van der Waals surface area contributed by atoms with Crippen LogP contribution in [0.3, 0.4) is 0 Å². The summed E-state index contributed by atoms with van der Waals surface area (Å²) in [4.78, 5) is 5.59. The van der Waals surface area contributed by atoms with Crippen molar-refractivity contribution in [3.63, 3.8) is 0 Å². The molecule has 0 aliphatic rings. The summed E-state index contributed by atoms with van der Waals surface area (Å²) in [5, 5.41) is 7.39. The Bertz CT molecular complexity index is 492. The van der Waals surface area contributed by atoms with Crippen molar-refractivity contribution in [2.75, 3.05) is 7.05 Å². The van der Waals surface area contributed by atoms with E-state index in [0.717, 1.165) is 31.1 Å². The Labute approximate surface area is 118 Å². The molecule has 0 saturated carbocycles. The van der Waals surface area contributed by atoms with Crippen molar-refractivity contribution in [1.82, 2.24) is 20.1 Å². The molecule has 1 N–H and O–H groups in total. The molecule has 0 radical (unpaired) electrons. The predicted molar refractivity (Wildman–Crippen MR) is 79.1 cm³/mol. The summed E-state index contributed by atoms with van der Waals surface area (Å²) < 4.78 is 1.99. The molecule has 1 aromatic carbocycles. The van der Waals surface area contributed by atoms with Crippen LogP contribution in [0.15, 0.2) is 35.5 Å². The third-order valence-corrected chi connectivity index (χ3v) is 3.81. The minimum absolute atomic E-state index is 0.866. The van der Waals surface area contributed by atoms with E-state index in [4.69, 9.17) is 0 Å². The second-order valence-corrected chi connectivity index (χ2v) is 5.41. The monoisotopic (exact) mass is 276 g/mol. The fourth-order valence-corrected chi connectivity index (χ4v) is 2.70. The van der Waals surface area contributed by atoms with Crippen LogP contribution in [0.1, 0.15) is 24.7 Å². The average molecular weight is 276 g/mol. The number of thioether (sulfide) groups is 1. The van der Waals surface area contributed by atoms with Crippen LogP contribution < -0.4 is 5.32 Å². The molecule has 0 saturated heterocycles. The number of aryl methyl sites for hydroxylation is 1. The highest BCUT2D eigenvalue weighted by Gasteiger charge is 2.04. The van der Waals surface area contributed by atoms with Gasteiger partial charge in [-0.05, 0) is 31.2 Å². The van der Waals surface area contributed by atoms with E-state index >= 15 is 0 Å². The van der Waals surface area contributed by atoms with Crippen LogP contribution in [0.2, 0.25) is 0 Å². The van der Waals surface area contributed by atoms with Crippen LogP contribution in [0.5, 0.6) is 0 Å². The fraction of sp³-hybridized carbons (Fsp3) is 0.429. The van der Waals surface area contributed by atoms with Gasteiger partial charge in [0.15, 0.2) is 0 Å². The van der Waals surface area contributed by atoms with Gasteiger partial charge in [0, 0.05) is 18.0 Å². The molecule has 1 heterocycles. The Kier molecular flexibility index (Phi) is 5.42. The van der Waals surface area contributed by atoms with Crippen molar-refractivity contribution in [3.8, 4) is 0 Å². The third kappa shape index (κ3) is 4.08. The first-order chi connectivity index (χ1) is 9.33. The zero-order chi connectivity index (χ0) is 13.5. The van der Waals surface area contributed by atoms with E-state index in [-0.39, 0.29) is 0 Å². The van der Waals surface area contributed by atoms with Gasteiger partial charge in [-0.25, -0.2) is 9.67 Å². The van der Waals surface area contributed by atoms with Gasteiger partial charge in [0.2, 0.25) is 0 Å². The molecule has 2 aromatic rings. The molecular weight excluding hydrogens is 256 g/mol. The number of nitrogens with one attached hydrogen (secondary N) is 1. The second kappa shape index (κ2) is 7.31. The normalized spacial score (nSPS) is 10.8. The number of nitrogens with zero attached hydrogens (tertiary/aromatic N) is 3. The lowest BCUT2D eigenvalue weighted by molar-refractivity contribution is 0.581. The molecule has 5 heteroatoms. The van der Waals surface area contributed by atoms with Crippen LogP contribution in [0.25, 0.3) is 0 Å². The number of hydrogen-bond donors (Lipinski definition) is 1. The third-order valence-electron chi connectivity index (χ3n) is 2.80. The largest absolute Gasteiger partial charge is 0.316 e. The van der Waals surface area contributed by atoms with Crippen molar-refractivity contribution in [2.24, 2.45) is 0 Å². The maximum Gasteiger partial charge on any atom is 0.138 e. The van der Waals surface area contributed by atoms with E-state index in [1.54, 1.807) is 18.1 Å². The van der Waals surface area contributed by atoms with E-state index < -0.39 is 0 Å². The molecule has 4 nitrogen and oxygen atoms in total. The van der Waals surface area contributed by atoms with E-state index in [2.05, 4.69) is 46.6 Å². The van der Waals surface area contributed by atoms with Crippen molar-refractivity contribution < 1.29 is 0 Å². The Morgan fingerprint density at radius 2 is 2.05 bits per heavy atom. The highest BCUT2D eigenvalue weighted by atomic mass is 32.2. The highest BCUT2D eigenvalue weighted by Crippen LogP contribution is 2.22. The molecule has 0 bridgehead atoms. The summed E-state index contributed by atoms with van der Waals surface area (Å²) in [6, 6.07) is 8.65. The minimum Gasteiger partial charge on any atom is -0.316 e. The summed E-state index contributed by atoms with van der Waals surface area (Å²) in [6.45, 7) is 4.01. The topological polar surface area (TPSA) is 42.7 Å². The molecule has 1 aromatic heterocycles. The molecular formula is C14H20N4S. The van der Waals surface area contributed by atoms with Gasteiger partial charge in [-0.3, -0.25) is 0 Å². The van der Waals surface area contributed by atoms with E-state index in [1.165, 1.54) is 10.5 Å². The molecule has 0 aliphatic carbocycles. The van der Waals surface area contributed by atoms with Gasteiger partial charge in [0.1, 0.15) is 12.2 Å². The quantitative estimate of drug-likeness (QED) is 0.790. The number of rotatable bonds is 7. The highest BCUT2D eigenvalue weighted by molar-refractivity contribution is 7.98. The van der Waals surface area contributed by atoms with E-state index in [9.17, 15) is 0 Å². The van der Waals surface area contributed by atoms with Gasteiger partial charge in [0.05, 0.1) is 5.75 Å². The Hall–Kier alpha value is -1.33. The van der Waals surface area contributed by atoms with Gasteiger partial charge in [-0.2, -0.15) is 5.10 Å². The van der Waals surface area contributed by atoms with Crippen molar-refractivity contribution in [1.29, 1.82) is 0 Å². The van der Waals surface area contributed by atoms with Crippen molar-refractivity contribution in [3.05, 3.63) is 42.0 Å². The second-order valence-electron chi connectivity index (χ2n) is 4.36. The summed E-state index contributed by atoms with van der Waals surface area (Å²) in [7, 11) is 1.96. The first kappa shape index (κ1) is 14.1. The predicted octanol–water partition coefficient (Wildman–Crippen LogP) is 2.70.